The smallest absolute Gasteiger partial charge is 0.378 e. The number of hydrogen-bond acceptors (Lipinski definition) is 3. The van der Waals surface area contributed by atoms with E-state index >= 15 is 0 Å². The van der Waals surface area contributed by atoms with E-state index in [0.717, 1.165) is 0 Å². The average Bonchev–Trinajstić information content (AvgIpc) is 2.05. The van der Waals surface area contributed by atoms with Crippen LogP contribution in [0.2, 0.25) is 0 Å². The first kappa shape index (κ1) is 7.40. The van der Waals surface area contributed by atoms with E-state index in [4.69, 9.17) is 5.11 Å². The number of carbonyl (C=O) groups is 2. The van der Waals surface area contributed by atoms with Crippen LogP contribution in [0, 0.1) is 0 Å². The number of carboxylic acids is 1. The van der Waals surface area contributed by atoms with E-state index < -0.39 is 11.8 Å². The minimum atomic E-state index is -1.48. The van der Waals surface area contributed by atoms with Gasteiger partial charge in [-0.3, -0.25) is 9.78 Å². The van der Waals surface area contributed by atoms with Crippen LogP contribution in [0.4, 0.5) is 0 Å². The lowest BCUT2D eigenvalue weighted by Gasteiger charge is -1.90. The molecule has 0 spiro atoms. The molecule has 0 aliphatic heterocycles. The molecule has 0 aliphatic carbocycles. The van der Waals surface area contributed by atoms with Crippen molar-refractivity contribution in [2.75, 3.05) is 0 Å². The van der Waals surface area contributed by atoms with Crippen LogP contribution in [0.1, 0.15) is 10.5 Å². The predicted molar refractivity (Wildman–Crippen MR) is 36.2 cm³/mol. The molecule has 0 aromatic carbocycles. The third-order valence-electron chi connectivity index (χ3n) is 1.09. The number of carbonyl (C=O) groups excluding carboxylic acids is 1. The van der Waals surface area contributed by atoms with E-state index in [-0.39, 0.29) is 5.69 Å². The number of hydrogen-bond donors (Lipinski definition) is 1. The summed E-state index contributed by atoms with van der Waals surface area (Å²) < 4.78 is 0. The number of carboxylic acid groups (broad SMARTS) is 1. The Labute approximate surface area is 62.5 Å². The second kappa shape index (κ2) is 2.92. The van der Waals surface area contributed by atoms with E-state index in [2.05, 4.69) is 4.98 Å². The Morgan fingerprint density at radius 1 is 1.36 bits per heavy atom. The molecule has 1 rings (SSSR count). The Hall–Kier alpha value is -1.71. The fraction of sp³-hybridized carbons (Fsp3) is 0. The second-order valence-corrected chi connectivity index (χ2v) is 1.85. The van der Waals surface area contributed by atoms with Gasteiger partial charge >= 0.3 is 5.97 Å². The molecule has 11 heavy (non-hydrogen) atoms. The van der Waals surface area contributed by atoms with Crippen LogP contribution in [0.3, 0.4) is 0 Å². The minimum absolute atomic E-state index is 0.0417. The predicted octanol–water partition coefficient (Wildman–Crippen LogP) is 0.349. The van der Waals surface area contributed by atoms with Crippen molar-refractivity contribution in [2.45, 2.75) is 0 Å². The lowest BCUT2D eigenvalue weighted by atomic mass is 10.3. The highest BCUT2D eigenvalue weighted by atomic mass is 16.4. The molecule has 1 aromatic rings. The van der Waals surface area contributed by atoms with Crippen LogP contribution in [0.15, 0.2) is 24.4 Å². The van der Waals surface area contributed by atoms with Gasteiger partial charge in [-0.25, -0.2) is 4.79 Å². The van der Waals surface area contributed by atoms with Crippen LogP contribution < -0.4 is 0 Å². The summed E-state index contributed by atoms with van der Waals surface area (Å²) in [5, 5.41) is 8.25. The molecular weight excluding hydrogens is 147 g/mol. The summed E-state index contributed by atoms with van der Waals surface area (Å²) in [4.78, 5) is 24.4. The first-order chi connectivity index (χ1) is 5.22. The van der Waals surface area contributed by atoms with E-state index in [9.17, 15) is 9.59 Å². The van der Waals surface area contributed by atoms with Crippen molar-refractivity contribution in [3.63, 3.8) is 0 Å². The number of ketones is 1. The summed E-state index contributed by atoms with van der Waals surface area (Å²) in [6.45, 7) is 0. The molecule has 1 heterocycles. The molecule has 1 aromatic heterocycles. The first-order valence-electron chi connectivity index (χ1n) is 2.90. The zero-order valence-electron chi connectivity index (χ0n) is 5.52. The minimum Gasteiger partial charge on any atom is -0.475 e. The van der Waals surface area contributed by atoms with E-state index in [1.165, 1.54) is 12.3 Å². The van der Waals surface area contributed by atoms with Gasteiger partial charge in [0.2, 0.25) is 0 Å². The summed E-state index contributed by atoms with van der Waals surface area (Å²) in [5.41, 5.74) is -0.0417. The van der Waals surface area contributed by atoms with Crippen molar-refractivity contribution in [3.8, 4) is 0 Å². The van der Waals surface area contributed by atoms with Gasteiger partial charge in [0.1, 0.15) is 5.69 Å². The fourth-order valence-corrected chi connectivity index (χ4v) is 0.607. The zero-order valence-corrected chi connectivity index (χ0v) is 5.52. The lowest BCUT2D eigenvalue weighted by molar-refractivity contribution is -0.131. The molecule has 0 unspecified atom stereocenters. The van der Waals surface area contributed by atoms with E-state index in [1.54, 1.807) is 12.1 Å². The monoisotopic (exact) mass is 152 g/mol. The lowest BCUT2D eigenvalue weighted by Crippen LogP contribution is -2.13. The third-order valence-corrected chi connectivity index (χ3v) is 1.09. The molecule has 0 saturated carbocycles. The van der Waals surface area contributed by atoms with Gasteiger partial charge in [-0.2, -0.15) is 0 Å². The zero-order chi connectivity index (χ0) is 8.27. The maximum atomic E-state index is 10.7. The standard InChI is InChI=1S/C7H5NO3/c9-6(7(10)11)5-3-1-2-4-8-5/h1-4H,(H,10,11)/i3+1. The number of aromatic nitrogens is 1. The molecular formula is C7H5NO3. The van der Waals surface area contributed by atoms with Crippen LogP contribution in [0.5, 0.6) is 0 Å². The molecule has 0 radical (unpaired) electrons. The SMILES string of the molecule is O=C(O)C(=O)c1[13cH]cccn1. The van der Waals surface area contributed by atoms with Crippen LogP contribution in [-0.2, 0) is 4.79 Å². The van der Waals surface area contributed by atoms with Crippen molar-refractivity contribution >= 4 is 11.8 Å². The first-order valence-corrected chi connectivity index (χ1v) is 2.90. The molecule has 0 bridgehead atoms. The summed E-state index contributed by atoms with van der Waals surface area (Å²) in [5.74, 6) is -2.46. The van der Waals surface area contributed by atoms with Crippen molar-refractivity contribution in [3.05, 3.63) is 30.1 Å². The van der Waals surface area contributed by atoms with E-state index in [1.807, 2.05) is 0 Å². The maximum Gasteiger partial charge on any atom is 0.378 e. The molecule has 0 aliphatic rings. The quantitative estimate of drug-likeness (QED) is 0.490. The van der Waals surface area contributed by atoms with Gasteiger partial charge in [-0.1, -0.05) is 6.07 Å². The van der Waals surface area contributed by atoms with Gasteiger partial charge in [-0.15, -0.1) is 0 Å². The van der Waals surface area contributed by atoms with E-state index in [0.29, 0.717) is 0 Å². The molecule has 4 nitrogen and oxygen atoms in total. The van der Waals surface area contributed by atoms with Gasteiger partial charge in [-0.05, 0) is 12.1 Å². The number of pyridine rings is 1. The summed E-state index contributed by atoms with van der Waals surface area (Å²) in [6, 6.07) is 4.53. The highest BCUT2D eigenvalue weighted by Gasteiger charge is 2.14. The molecule has 0 amide bonds. The largest absolute Gasteiger partial charge is 0.475 e. The Morgan fingerprint density at radius 2 is 2.09 bits per heavy atom. The fourth-order valence-electron chi connectivity index (χ4n) is 0.607. The van der Waals surface area contributed by atoms with Gasteiger partial charge in [0, 0.05) is 6.20 Å². The number of aliphatic carboxylic acids is 1. The summed E-state index contributed by atoms with van der Waals surface area (Å²) in [6.07, 6.45) is 1.37. The Bertz CT molecular complexity index is 281. The molecule has 1 N–H and O–H groups in total. The highest BCUT2D eigenvalue weighted by Crippen LogP contribution is 1.94. The Balaban J connectivity index is 2.95. The molecule has 4 heteroatoms. The van der Waals surface area contributed by atoms with Crippen molar-refractivity contribution < 1.29 is 14.7 Å². The average molecular weight is 152 g/mol. The summed E-state index contributed by atoms with van der Waals surface area (Å²) >= 11 is 0. The topological polar surface area (TPSA) is 67.3 Å². The highest BCUT2D eigenvalue weighted by molar-refractivity contribution is 6.39. The molecule has 0 atom stereocenters. The number of Topliss-reactive ketones (excluding diaryl/α,β-unsaturated/α-hetero) is 1. The summed E-state index contributed by atoms with van der Waals surface area (Å²) in [7, 11) is 0. The van der Waals surface area contributed by atoms with Crippen molar-refractivity contribution in [2.24, 2.45) is 0 Å². The second-order valence-electron chi connectivity index (χ2n) is 1.85. The van der Waals surface area contributed by atoms with Crippen molar-refractivity contribution in [1.82, 2.24) is 4.98 Å². The van der Waals surface area contributed by atoms with Gasteiger partial charge in [0.15, 0.2) is 0 Å². The van der Waals surface area contributed by atoms with Gasteiger partial charge < -0.3 is 5.11 Å². The third kappa shape index (κ3) is 1.61. The van der Waals surface area contributed by atoms with Gasteiger partial charge in [0.05, 0.1) is 0 Å². The molecule has 56 valence electrons. The maximum absolute atomic E-state index is 10.7. The Kier molecular flexibility index (Phi) is 1.96. The number of rotatable bonds is 2. The molecule has 0 saturated heterocycles. The van der Waals surface area contributed by atoms with Crippen LogP contribution in [-0.4, -0.2) is 21.8 Å². The normalized spacial score (nSPS) is 9.09. The molecule has 0 fully saturated rings. The van der Waals surface area contributed by atoms with Crippen molar-refractivity contribution in [1.29, 1.82) is 0 Å². The van der Waals surface area contributed by atoms with Crippen LogP contribution in [0.25, 0.3) is 0 Å². The van der Waals surface area contributed by atoms with Crippen LogP contribution >= 0.6 is 0 Å². The Morgan fingerprint density at radius 3 is 2.55 bits per heavy atom. The van der Waals surface area contributed by atoms with Gasteiger partial charge in [0.25, 0.3) is 5.78 Å². The number of nitrogens with zero attached hydrogens (tertiary/aromatic N) is 1.